The van der Waals surface area contributed by atoms with Crippen LogP contribution >= 0.6 is 0 Å². The maximum absolute atomic E-state index is 3.30. The van der Waals surface area contributed by atoms with E-state index >= 15 is 0 Å². The van der Waals surface area contributed by atoms with Gasteiger partial charge >= 0.3 is 0 Å². The Kier molecular flexibility index (Phi) is 1.11. The monoisotopic (exact) mass is 150 g/mol. The van der Waals surface area contributed by atoms with Gasteiger partial charge in [0, 0.05) is 0 Å². The normalized spacial score (nSPS) is 18.4. The Morgan fingerprint density at radius 2 is 1.45 bits per heavy atom. The standard InChI is InChI=1S/C8H12N3/c1-11(2)9-7-5-3-4-6-8(7)10-11/h3-6,9-10H,1-2H3/q+1. The highest BCUT2D eigenvalue weighted by Gasteiger charge is 2.25. The van der Waals surface area contributed by atoms with Gasteiger partial charge in [-0.25, -0.2) is 10.9 Å². The predicted octanol–water partition coefficient (Wildman–Crippen LogP) is 1.43. The number of hydrogen-bond acceptors (Lipinski definition) is 2. The smallest absolute Gasteiger partial charge is 0.116 e. The van der Waals surface area contributed by atoms with Gasteiger partial charge in [0.2, 0.25) is 0 Å². The Balaban J connectivity index is 2.41. The average molecular weight is 150 g/mol. The van der Waals surface area contributed by atoms with Crippen LogP contribution in [-0.2, 0) is 0 Å². The van der Waals surface area contributed by atoms with E-state index in [2.05, 4.69) is 37.1 Å². The number of nitrogens with zero attached hydrogens (tertiary/aromatic N) is 1. The second kappa shape index (κ2) is 1.89. The Morgan fingerprint density at radius 1 is 1.00 bits per heavy atom. The zero-order valence-corrected chi connectivity index (χ0v) is 6.76. The lowest BCUT2D eigenvalue weighted by Gasteiger charge is -2.21. The molecule has 1 aliphatic rings. The molecular weight excluding hydrogens is 138 g/mol. The third-order valence-electron chi connectivity index (χ3n) is 1.73. The number of para-hydroxylation sites is 2. The van der Waals surface area contributed by atoms with Crippen molar-refractivity contribution in [3.63, 3.8) is 0 Å². The molecule has 0 saturated heterocycles. The van der Waals surface area contributed by atoms with E-state index < -0.39 is 0 Å². The maximum atomic E-state index is 3.30. The summed E-state index contributed by atoms with van der Waals surface area (Å²) in [5.41, 5.74) is 8.93. The number of nitrogens with one attached hydrogen (secondary N) is 2. The molecule has 0 aromatic heterocycles. The van der Waals surface area contributed by atoms with E-state index in [1.54, 1.807) is 0 Å². The van der Waals surface area contributed by atoms with Crippen LogP contribution in [0.1, 0.15) is 0 Å². The summed E-state index contributed by atoms with van der Waals surface area (Å²) < 4.78 is 0.610. The summed E-state index contributed by atoms with van der Waals surface area (Å²) in [5, 5.41) is 0. The predicted molar refractivity (Wildman–Crippen MR) is 45.8 cm³/mol. The molecule has 3 heteroatoms. The van der Waals surface area contributed by atoms with Gasteiger partial charge in [-0.15, -0.1) is 4.70 Å². The molecular formula is C8H12N3+. The molecule has 0 fully saturated rings. The van der Waals surface area contributed by atoms with E-state index in [1.165, 1.54) is 0 Å². The molecule has 0 spiro atoms. The summed E-state index contributed by atoms with van der Waals surface area (Å²) in [4.78, 5) is 0. The van der Waals surface area contributed by atoms with Gasteiger partial charge in [-0.3, -0.25) is 0 Å². The summed E-state index contributed by atoms with van der Waals surface area (Å²) in [7, 11) is 4.11. The number of quaternary nitrogens is 1. The Morgan fingerprint density at radius 3 is 1.91 bits per heavy atom. The number of anilines is 2. The molecule has 0 atom stereocenters. The van der Waals surface area contributed by atoms with Gasteiger partial charge < -0.3 is 0 Å². The summed E-state index contributed by atoms with van der Waals surface area (Å²) in [6, 6.07) is 8.18. The van der Waals surface area contributed by atoms with Crippen molar-refractivity contribution in [1.82, 2.24) is 0 Å². The van der Waals surface area contributed by atoms with Gasteiger partial charge in [0.05, 0.1) is 0 Å². The molecule has 1 aliphatic heterocycles. The van der Waals surface area contributed by atoms with E-state index in [0.29, 0.717) is 4.70 Å². The average Bonchev–Trinajstić information content (AvgIpc) is 2.21. The fourth-order valence-electron chi connectivity index (χ4n) is 1.31. The lowest BCUT2D eigenvalue weighted by atomic mass is 10.3. The van der Waals surface area contributed by atoms with E-state index in [0.717, 1.165) is 11.4 Å². The zero-order valence-electron chi connectivity index (χ0n) is 6.76. The van der Waals surface area contributed by atoms with Crippen molar-refractivity contribution in [1.29, 1.82) is 0 Å². The molecule has 58 valence electrons. The highest BCUT2D eigenvalue weighted by Crippen LogP contribution is 2.29. The summed E-state index contributed by atoms with van der Waals surface area (Å²) in [5.74, 6) is 0. The first-order valence-corrected chi connectivity index (χ1v) is 3.67. The van der Waals surface area contributed by atoms with Crippen LogP contribution in [0.3, 0.4) is 0 Å². The maximum Gasteiger partial charge on any atom is 0.116 e. The molecule has 3 nitrogen and oxygen atoms in total. The molecule has 2 rings (SSSR count). The highest BCUT2D eigenvalue weighted by molar-refractivity contribution is 5.68. The highest BCUT2D eigenvalue weighted by atomic mass is 15.9. The van der Waals surface area contributed by atoms with E-state index in [9.17, 15) is 0 Å². The number of benzene rings is 1. The van der Waals surface area contributed by atoms with E-state index in [-0.39, 0.29) is 0 Å². The van der Waals surface area contributed by atoms with Gasteiger partial charge in [-0.05, 0) is 12.1 Å². The second-order valence-electron chi connectivity index (χ2n) is 3.22. The van der Waals surface area contributed by atoms with Gasteiger partial charge in [-0.1, -0.05) is 12.1 Å². The second-order valence-corrected chi connectivity index (χ2v) is 3.22. The molecule has 1 aromatic rings. The molecule has 0 amide bonds. The molecule has 2 N–H and O–H groups in total. The largest absolute Gasteiger partial charge is 0.210 e. The Hall–Kier alpha value is -1.22. The fourth-order valence-corrected chi connectivity index (χ4v) is 1.31. The van der Waals surface area contributed by atoms with Crippen molar-refractivity contribution in [3.8, 4) is 0 Å². The fraction of sp³-hybridized carbons (Fsp3) is 0.250. The van der Waals surface area contributed by atoms with Crippen LogP contribution in [0, 0.1) is 0 Å². The van der Waals surface area contributed by atoms with Crippen LogP contribution in [0.4, 0.5) is 11.4 Å². The number of rotatable bonds is 0. The van der Waals surface area contributed by atoms with Crippen LogP contribution < -0.4 is 10.9 Å². The van der Waals surface area contributed by atoms with Crippen LogP contribution in [0.25, 0.3) is 0 Å². The molecule has 11 heavy (non-hydrogen) atoms. The van der Waals surface area contributed by atoms with Gasteiger partial charge in [0.1, 0.15) is 25.5 Å². The summed E-state index contributed by atoms with van der Waals surface area (Å²) >= 11 is 0. The van der Waals surface area contributed by atoms with Crippen molar-refractivity contribution in [2.75, 3.05) is 24.9 Å². The van der Waals surface area contributed by atoms with Gasteiger partial charge in [-0.2, -0.15) is 0 Å². The molecule has 0 bridgehead atoms. The first-order valence-electron chi connectivity index (χ1n) is 3.67. The van der Waals surface area contributed by atoms with Crippen LogP contribution in [0.2, 0.25) is 0 Å². The van der Waals surface area contributed by atoms with Crippen LogP contribution in [0.15, 0.2) is 24.3 Å². The topological polar surface area (TPSA) is 24.1 Å². The van der Waals surface area contributed by atoms with E-state index in [1.807, 2.05) is 12.1 Å². The summed E-state index contributed by atoms with van der Waals surface area (Å²) in [6.07, 6.45) is 0. The summed E-state index contributed by atoms with van der Waals surface area (Å²) in [6.45, 7) is 0. The van der Waals surface area contributed by atoms with Crippen molar-refractivity contribution in [2.45, 2.75) is 0 Å². The molecule has 0 unspecified atom stereocenters. The van der Waals surface area contributed by atoms with Crippen molar-refractivity contribution in [2.24, 2.45) is 0 Å². The SMILES string of the molecule is C[N+]1(C)Nc2ccccc2N1. The van der Waals surface area contributed by atoms with Crippen LogP contribution in [-0.4, -0.2) is 18.8 Å². The van der Waals surface area contributed by atoms with Gasteiger partial charge in [0.15, 0.2) is 0 Å². The Bertz CT molecular complexity index is 253. The van der Waals surface area contributed by atoms with Crippen molar-refractivity contribution in [3.05, 3.63) is 24.3 Å². The quantitative estimate of drug-likeness (QED) is 0.547. The van der Waals surface area contributed by atoms with E-state index in [4.69, 9.17) is 0 Å². The number of fused-ring (bicyclic) bond motifs is 1. The zero-order chi connectivity index (χ0) is 7.90. The van der Waals surface area contributed by atoms with Crippen LogP contribution in [0.5, 0.6) is 0 Å². The third kappa shape index (κ3) is 1.03. The van der Waals surface area contributed by atoms with Crippen molar-refractivity contribution < 1.29 is 4.70 Å². The number of hydrogen-bond donors (Lipinski definition) is 2. The minimum absolute atomic E-state index is 0.610. The molecule has 1 heterocycles. The van der Waals surface area contributed by atoms with Crippen molar-refractivity contribution >= 4 is 11.4 Å². The Labute approximate surface area is 66.2 Å². The minimum Gasteiger partial charge on any atom is -0.210 e. The molecule has 1 aromatic carbocycles. The molecule has 0 saturated carbocycles. The first-order chi connectivity index (χ1) is 5.17. The lowest BCUT2D eigenvalue weighted by molar-refractivity contribution is -0.841. The van der Waals surface area contributed by atoms with Gasteiger partial charge in [0.25, 0.3) is 0 Å². The lowest BCUT2D eigenvalue weighted by Crippen LogP contribution is -2.45. The minimum atomic E-state index is 0.610. The third-order valence-corrected chi connectivity index (χ3v) is 1.73. The first kappa shape index (κ1) is 6.49. The molecule has 0 radical (unpaired) electrons. The molecule has 0 aliphatic carbocycles.